The molecule has 23 heavy (non-hydrogen) atoms. The smallest absolute Gasteiger partial charge is 0.158 e. The molecular weight excluding hydrogens is 292 g/mol. The van der Waals surface area contributed by atoms with Crippen LogP contribution in [0.4, 0.5) is 17.5 Å². The van der Waals surface area contributed by atoms with E-state index in [0.717, 1.165) is 5.56 Å². The maximum Gasteiger partial charge on any atom is 0.158 e. The van der Waals surface area contributed by atoms with Crippen molar-refractivity contribution in [3.63, 3.8) is 0 Å². The van der Waals surface area contributed by atoms with E-state index in [1.165, 1.54) is 18.7 Å². The van der Waals surface area contributed by atoms with Crippen molar-refractivity contribution >= 4 is 17.5 Å². The van der Waals surface area contributed by atoms with Gasteiger partial charge in [0.05, 0.1) is 12.4 Å². The van der Waals surface area contributed by atoms with E-state index in [9.17, 15) is 0 Å². The van der Waals surface area contributed by atoms with E-state index in [-0.39, 0.29) is 5.69 Å². The summed E-state index contributed by atoms with van der Waals surface area (Å²) in [6.45, 7) is 0.635. The minimum absolute atomic E-state index is 0.262. The molecule has 3 heterocycles. The van der Waals surface area contributed by atoms with Crippen molar-refractivity contribution in [2.45, 2.75) is 6.54 Å². The third kappa shape index (κ3) is 3.95. The second-order valence-electron chi connectivity index (χ2n) is 4.52. The Morgan fingerprint density at radius 3 is 2.52 bits per heavy atom. The molecule has 8 heteroatoms. The van der Waals surface area contributed by atoms with Gasteiger partial charge < -0.3 is 10.6 Å². The molecule has 2 N–H and O–H groups in total. The Morgan fingerprint density at radius 2 is 1.78 bits per heavy atom. The first-order valence-corrected chi connectivity index (χ1v) is 6.77. The summed E-state index contributed by atoms with van der Waals surface area (Å²) in [7, 11) is 0. The maximum atomic E-state index is 8.70. The first-order chi connectivity index (χ1) is 11.3. The van der Waals surface area contributed by atoms with Gasteiger partial charge in [0.2, 0.25) is 0 Å². The molecule has 0 spiro atoms. The van der Waals surface area contributed by atoms with Crippen molar-refractivity contribution in [3.8, 4) is 6.07 Å². The van der Waals surface area contributed by atoms with Gasteiger partial charge in [-0.15, -0.1) is 0 Å². The molecule has 0 amide bonds. The lowest BCUT2D eigenvalue weighted by Crippen LogP contribution is -2.03. The van der Waals surface area contributed by atoms with Crippen molar-refractivity contribution in [2.24, 2.45) is 0 Å². The number of aromatic nitrogens is 5. The molecule has 3 rings (SSSR count). The molecule has 0 aromatic carbocycles. The Morgan fingerprint density at radius 1 is 0.957 bits per heavy atom. The van der Waals surface area contributed by atoms with Crippen LogP contribution in [0.15, 0.2) is 49.3 Å². The number of hydrogen-bond acceptors (Lipinski definition) is 8. The highest BCUT2D eigenvalue weighted by molar-refractivity contribution is 5.55. The van der Waals surface area contributed by atoms with Crippen molar-refractivity contribution in [1.82, 2.24) is 24.9 Å². The zero-order valence-corrected chi connectivity index (χ0v) is 12.0. The summed E-state index contributed by atoms with van der Waals surface area (Å²) in [5.41, 5.74) is 1.36. The molecule has 0 bridgehead atoms. The van der Waals surface area contributed by atoms with Crippen molar-refractivity contribution < 1.29 is 0 Å². The molecule has 3 aromatic heterocycles. The van der Waals surface area contributed by atoms with Gasteiger partial charge in [0, 0.05) is 25.0 Å². The zero-order valence-electron chi connectivity index (χ0n) is 12.0. The van der Waals surface area contributed by atoms with Crippen LogP contribution in [0.5, 0.6) is 0 Å². The summed E-state index contributed by atoms with van der Waals surface area (Å²) in [5.74, 6) is 1.76. The van der Waals surface area contributed by atoms with Gasteiger partial charge >= 0.3 is 0 Å². The standard InChI is InChI=1S/C15H12N8/c16-6-12-8-20-15(9-18-12)23-14-5-13(21-10-22-14)19-7-11-1-3-17-4-2-11/h1-5,8-10H,7H2,(H2,19,20,21,22,23). The molecule has 0 unspecified atom stereocenters. The van der Waals surface area contributed by atoms with Gasteiger partial charge in [-0.1, -0.05) is 0 Å². The predicted octanol–water partition coefficient (Wildman–Crippen LogP) is 1.89. The Kier molecular flexibility index (Phi) is 4.31. The minimum Gasteiger partial charge on any atom is -0.366 e. The highest BCUT2D eigenvalue weighted by Crippen LogP contribution is 2.14. The van der Waals surface area contributed by atoms with Crippen molar-refractivity contribution in [3.05, 3.63) is 60.6 Å². The van der Waals surface area contributed by atoms with Gasteiger partial charge in [-0.3, -0.25) is 4.98 Å². The van der Waals surface area contributed by atoms with E-state index in [0.29, 0.717) is 24.0 Å². The fraction of sp³-hybridized carbons (Fsp3) is 0.0667. The summed E-state index contributed by atoms with van der Waals surface area (Å²) in [5, 5.41) is 14.9. The number of hydrogen-bond donors (Lipinski definition) is 2. The van der Waals surface area contributed by atoms with Crippen molar-refractivity contribution in [1.29, 1.82) is 5.26 Å². The number of nitriles is 1. The molecule has 0 radical (unpaired) electrons. The lowest BCUT2D eigenvalue weighted by molar-refractivity contribution is 1.07. The van der Waals surface area contributed by atoms with Crippen LogP contribution in [-0.4, -0.2) is 24.9 Å². The summed E-state index contributed by atoms with van der Waals surface area (Å²) < 4.78 is 0. The third-order valence-corrected chi connectivity index (χ3v) is 2.91. The molecule has 0 aliphatic heterocycles. The quantitative estimate of drug-likeness (QED) is 0.734. The number of anilines is 3. The van der Waals surface area contributed by atoms with Crippen LogP contribution < -0.4 is 10.6 Å². The van der Waals surface area contributed by atoms with Gasteiger partial charge in [0.25, 0.3) is 0 Å². The summed E-state index contributed by atoms with van der Waals surface area (Å²) in [4.78, 5) is 20.3. The molecule has 0 saturated carbocycles. The zero-order chi connectivity index (χ0) is 15.9. The fourth-order valence-corrected chi connectivity index (χ4v) is 1.80. The molecule has 112 valence electrons. The topological polar surface area (TPSA) is 112 Å². The van der Waals surface area contributed by atoms with Gasteiger partial charge in [0.1, 0.15) is 29.9 Å². The predicted molar refractivity (Wildman–Crippen MR) is 83.6 cm³/mol. The van der Waals surface area contributed by atoms with Crippen LogP contribution in [0.25, 0.3) is 0 Å². The Hall–Kier alpha value is -3.60. The molecular formula is C15H12N8. The van der Waals surface area contributed by atoms with Gasteiger partial charge in [-0.25, -0.2) is 19.9 Å². The summed E-state index contributed by atoms with van der Waals surface area (Å²) in [6, 6.07) is 7.54. The summed E-state index contributed by atoms with van der Waals surface area (Å²) in [6.07, 6.45) is 7.81. The molecule has 0 atom stereocenters. The summed E-state index contributed by atoms with van der Waals surface area (Å²) >= 11 is 0. The highest BCUT2D eigenvalue weighted by atomic mass is 15.1. The van der Waals surface area contributed by atoms with E-state index in [2.05, 4.69) is 35.6 Å². The largest absolute Gasteiger partial charge is 0.366 e. The van der Waals surface area contributed by atoms with Crippen LogP contribution in [0.1, 0.15) is 11.3 Å². The molecule has 0 fully saturated rings. The molecule has 3 aromatic rings. The second kappa shape index (κ2) is 6.91. The van der Waals surface area contributed by atoms with Gasteiger partial charge in [-0.2, -0.15) is 5.26 Å². The first kappa shape index (κ1) is 14.3. The third-order valence-electron chi connectivity index (χ3n) is 2.91. The van der Waals surface area contributed by atoms with E-state index < -0.39 is 0 Å². The molecule has 0 saturated heterocycles. The average Bonchev–Trinajstić information content (AvgIpc) is 2.62. The number of nitrogens with one attached hydrogen (secondary N) is 2. The van der Waals surface area contributed by atoms with Crippen LogP contribution in [0.3, 0.4) is 0 Å². The van der Waals surface area contributed by atoms with Gasteiger partial charge in [-0.05, 0) is 17.7 Å². The maximum absolute atomic E-state index is 8.70. The SMILES string of the molecule is N#Cc1cnc(Nc2cc(NCc3ccncc3)ncn2)cn1. The van der Waals surface area contributed by atoms with Crippen LogP contribution in [0.2, 0.25) is 0 Å². The average molecular weight is 304 g/mol. The molecule has 0 aliphatic carbocycles. The Bertz CT molecular complexity index is 811. The second-order valence-corrected chi connectivity index (χ2v) is 4.52. The lowest BCUT2D eigenvalue weighted by atomic mass is 10.3. The Labute approximate surface area is 132 Å². The number of rotatable bonds is 5. The highest BCUT2D eigenvalue weighted by Gasteiger charge is 2.02. The van der Waals surface area contributed by atoms with Crippen LogP contribution in [0, 0.1) is 11.3 Å². The lowest BCUT2D eigenvalue weighted by Gasteiger charge is -2.08. The van der Waals surface area contributed by atoms with E-state index in [4.69, 9.17) is 5.26 Å². The number of pyridine rings is 1. The number of nitrogens with zero attached hydrogens (tertiary/aromatic N) is 6. The van der Waals surface area contributed by atoms with Crippen LogP contribution in [-0.2, 0) is 6.54 Å². The molecule has 8 nitrogen and oxygen atoms in total. The monoisotopic (exact) mass is 304 g/mol. The van der Waals surface area contributed by atoms with Crippen molar-refractivity contribution in [2.75, 3.05) is 10.6 Å². The Balaban J connectivity index is 1.66. The normalized spacial score (nSPS) is 9.87. The minimum atomic E-state index is 0.262. The van der Waals surface area contributed by atoms with Crippen LogP contribution >= 0.6 is 0 Å². The van der Waals surface area contributed by atoms with E-state index in [1.54, 1.807) is 18.5 Å². The van der Waals surface area contributed by atoms with E-state index in [1.807, 2.05) is 18.2 Å². The fourth-order valence-electron chi connectivity index (χ4n) is 1.80. The first-order valence-electron chi connectivity index (χ1n) is 6.77. The van der Waals surface area contributed by atoms with Gasteiger partial charge in [0.15, 0.2) is 5.69 Å². The molecule has 0 aliphatic rings. The van der Waals surface area contributed by atoms with E-state index >= 15 is 0 Å².